The molecular weight excluding hydrogens is 468 g/mol. The molecule has 150 valence electrons. The van der Waals surface area contributed by atoms with Crippen LogP contribution in [-0.2, 0) is 15.6 Å². The molecule has 0 bridgehead atoms. The Morgan fingerprint density at radius 2 is 1.70 bits per heavy atom. The van der Waals surface area contributed by atoms with Crippen LogP contribution in [0.25, 0.3) is 11.3 Å². The highest BCUT2D eigenvalue weighted by Gasteiger charge is 2.21. The number of carbonyl (C=O) groups excluding carboxylic acids is 1. The summed E-state index contributed by atoms with van der Waals surface area (Å²) in [5.41, 5.74) is 1.93. The Hall–Kier alpha value is -3.10. The molecule has 4 aromatic rings. The van der Waals surface area contributed by atoms with Crippen LogP contribution in [-0.4, -0.2) is 24.2 Å². The average Bonchev–Trinajstić information content (AvgIpc) is 3.30. The SMILES string of the molecule is O=C(c1ccncc1)c1cc(Br)ccc1CS(=O)(=O)c1ccc(-c2cnco2)cc1. The highest BCUT2D eigenvalue weighted by atomic mass is 79.9. The smallest absolute Gasteiger partial charge is 0.193 e. The van der Waals surface area contributed by atoms with Crippen LogP contribution in [0.5, 0.6) is 0 Å². The zero-order valence-corrected chi connectivity index (χ0v) is 17.9. The summed E-state index contributed by atoms with van der Waals surface area (Å²) in [6, 6.07) is 14.6. The fourth-order valence-electron chi connectivity index (χ4n) is 3.02. The molecule has 0 radical (unpaired) electrons. The third-order valence-electron chi connectivity index (χ3n) is 4.53. The van der Waals surface area contributed by atoms with Gasteiger partial charge in [0.1, 0.15) is 0 Å². The number of rotatable bonds is 6. The van der Waals surface area contributed by atoms with Crippen LogP contribution in [0, 0.1) is 0 Å². The van der Waals surface area contributed by atoms with E-state index in [0.717, 1.165) is 5.56 Å². The van der Waals surface area contributed by atoms with Crippen molar-refractivity contribution < 1.29 is 17.6 Å². The van der Waals surface area contributed by atoms with E-state index in [0.29, 0.717) is 26.9 Å². The van der Waals surface area contributed by atoms with Gasteiger partial charge in [-0.3, -0.25) is 9.78 Å². The predicted molar refractivity (Wildman–Crippen MR) is 115 cm³/mol. The van der Waals surface area contributed by atoms with Crippen molar-refractivity contribution in [2.24, 2.45) is 0 Å². The first kappa shape index (κ1) is 20.2. The highest BCUT2D eigenvalue weighted by Crippen LogP contribution is 2.26. The molecule has 2 heterocycles. The molecule has 0 spiro atoms. The van der Waals surface area contributed by atoms with Crippen LogP contribution in [0.1, 0.15) is 21.5 Å². The average molecular weight is 483 g/mol. The van der Waals surface area contributed by atoms with Gasteiger partial charge in [0.15, 0.2) is 27.8 Å². The topological polar surface area (TPSA) is 90.1 Å². The van der Waals surface area contributed by atoms with E-state index in [1.807, 2.05) is 0 Å². The van der Waals surface area contributed by atoms with Crippen molar-refractivity contribution in [3.63, 3.8) is 0 Å². The molecule has 0 saturated heterocycles. The summed E-state index contributed by atoms with van der Waals surface area (Å²) >= 11 is 3.36. The molecule has 0 saturated carbocycles. The molecule has 8 heteroatoms. The molecule has 0 aliphatic carbocycles. The minimum Gasteiger partial charge on any atom is -0.444 e. The van der Waals surface area contributed by atoms with Gasteiger partial charge in [0.05, 0.1) is 16.8 Å². The van der Waals surface area contributed by atoms with Gasteiger partial charge in [-0.15, -0.1) is 0 Å². The first-order valence-corrected chi connectivity index (χ1v) is 11.3. The third-order valence-corrected chi connectivity index (χ3v) is 6.71. The first-order valence-electron chi connectivity index (χ1n) is 8.89. The Kier molecular flexibility index (Phi) is 5.61. The number of nitrogens with zero attached hydrogens (tertiary/aromatic N) is 2. The van der Waals surface area contributed by atoms with Crippen molar-refractivity contribution in [2.75, 3.05) is 0 Å². The van der Waals surface area contributed by atoms with Gasteiger partial charge >= 0.3 is 0 Å². The second-order valence-corrected chi connectivity index (χ2v) is 9.42. The maximum atomic E-state index is 13.0. The van der Waals surface area contributed by atoms with E-state index in [1.54, 1.807) is 48.7 Å². The van der Waals surface area contributed by atoms with Gasteiger partial charge in [0, 0.05) is 33.6 Å². The van der Waals surface area contributed by atoms with Crippen molar-refractivity contribution in [1.29, 1.82) is 0 Å². The Labute approximate surface area is 181 Å². The standard InChI is InChI=1S/C22H15BrN2O4S/c23-18-4-1-17(20(11-18)22(26)16-7-9-24-10-8-16)13-30(27,28)19-5-2-15(3-6-19)21-12-25-14-29-21/h1-12,14H,13H2. The molecule has 0 aliphatic heterocycles. The Morgan fingerprint density at radius 1 is 0.967 bits per heavy atom. The van der Waals surface area contributed by atoms with E-state index in [1.165, 1.54) is 30.9 Å². The Morgan fingerprint density at radius 3 is 2.37 bits per heavy atom. The number of oxazole rings is 1. The zero-order chi connectivity index (χ0) is 21.1. The fraction of sp³-hybridized carbons (Fsp3) is 0.0455. The van der Waals surface area contributed by atoms with Gasteiger partial charge in [-0.05, 0) is 54.1 Å². The fourth-order valence-corrected chi connectivity index (χ4v) is 4.76. The molecule has 0 fully saturated rings. The number of hydrogen-bond donors (Lipinski definition) is 0. The van der Waals surface area contributed by atoms with E-state index in [-0.39, 0.29) is 16.4 Å². The van der Waals surface area contributed by atoms with E-state index in [9.17, 15) is 13.2 Å². The molecular formula is C22H15BrN2O4S. The van der Waals surface area contributed by atoms with Crippen LogP contribution >= 0.6 is 15.9 Å². The van der Waals surface area contributed by atoms with Crippen LogP contribution in [0.3, 0.4) is 0 Å². The molecule has 30 heavy (non-hydrogen) atoms. The second kappa shape index (κ2) is 8.33. The van der Waals surface area contributed by atoms with Gasteiger partial charge < -0.3 is 4.42 Å². The molecule has 0 unspecified atom stereocenters. The van der Waals surface area contributed by atoms with E-state index in [2.05, 4.69) is 25.9 Å². The van der Waals surface area contributed by atoms with Gasteiger partial charge in [-0.2, -0.15) is 0 Å². The third kappa shape index (κ3) is 4.24. The quantitative estimate of drug-likeness (QED) is 0.369. The molecule has 0 N–H and O–H groups in total. The number of pyridine rings is 1. The summed E-state index contributed by atoms with van der Waals surface area (Å²) in [7, 11) is -3.68. The summed E-state index contributed by atoms with van der Waals surface area (Å²) in [5.74, 6) is -0.00433. The zero-order valence-electron chi connectivity index (χ0n) is 15.5. The van der Waals surface area contributed by atoms with Crippen LogP contribution in [0.15, 0.2) is 93.4 Å². The summed E-state index contributed by atoms with van der Waals surface area (Å²) in [5, 5.41) is 0. The number of sulfone groups is 1. The molecule has 2 aromatic heterocycles. The Bertz CT molecular complexity index is 1290. The summed E-state index contributed by atoms with van der Waals surface area (Å²) < 4.78 is 32.0. The van der Waals surface area contributed by atoms with E-state index >= 15 is 0 Å². The van der Waals surface area contributed by atoms with E-state index < -0.39 is 9.84 Å². The van der Waals surface area contributed by atoms with Crippen LogP contribution < -0.4 is 0 Å². The lowest BCUT2D eigenvalue weighted by molar-refractivity contribution is 0.103. The number of benzene rings is 2. The number of hydrogen-bond acceptors (Lipinski definition) is 6. The summed E-state index contributed by atoms with van der Waals surface area (Å²) in [4.78, 5) is 20.9. The summed E-state index contributed by atoms with van der Waals surface area (Å²) in [6.45, 7) is 0. The number of ketones is 1. The second-order valence-electron chi connectivity index (χ2n) is 6.52. The number of aromatic nitrogens is 2. The summed E-state index contributed by atoms with van der Waals surface area (Å²) in [6.07, 6.45) is 5.92. The normalized spacial score (nSPS) is 11.4. The van der Waals surface area contributed by atoms with Crippen molar-refractivity contribution in [2.45, 2.75) is 10.6 Å². The van der Waals surface area contributed by atoms with Gasteiger partial charge in [0.2, 0.25) is 0 Å². The van der Waals surface area contributed by atoms with Crippen LogP contribution in [0.4, 0.5) is 0 Å². The monoisotopic (exact) mass is 482 g/mol. The maximum absolute atomic E-state index is 13.0. The lowest BCUT2D eigenvalue weighted by Gasteiger charge is -2.11. The highest BCUT2D eigenvalue weighted by molar-refractivity contribution is 9.10. The van der Waals surface area contributed by atoms with E-state index in [4.69, 9.17) is 4.42 Å². The first-order chi connectivity index (χ1) is 14.4. The van der Waals surface area contributed by atoms with Gasteiger partial charge in [-0.25, -0.2) is 13.4 Å². The lowest BCUT2D eigenvalue weighted by Crippen LogP contribution is -2.11. The Balaban J connectivity index is 1.66. The van der Waals surface area contributed by atoms with Crippen molar-refractivity contribution in [3.05, 3.63) is 101 Å². The predicted octanol–water partition coefficient (Wildman–Crippen LogP) is 4.70. The molecule has 4 rings (SSSR count). The molecule has 0 amide bonds. The molecule has 0 atom stereocenters. The minimum atomic E-state index is -3.68. The molecule has 2 aromatic carbocycles. The minimum absolute atomic E-state index is 0.163. The lowest BCUT2D eigenvalue weighted by atomic mass is 10.00. The molecule has 6 nitrogen and oxygen atoms in total. The van der Waals surface area contributed by atoms with Crippen molar-refractivity contribution >= 4 is 31.6 Å². The number of halogens is 1. The van der Waals surface area contributed by atoms with Gasteiger partial charge in [0.25, 0.3) is 0 Å². The largest absolute Gasteiger partial charge is 0.444 e. The van der Waals surface area contributed by atoms with Crippen molar-refractivity contribution in [1.82, 2.24) is 9.97 Å². The van der Waals surface area contributed by atoms with Gasteiger partial charge in [-0.1, -0.05) is 22.0 Å². The van der Waals surface area contributed by atoms with Crippen LogP contribution in [0.2, 0.25) is 0 Å². The maximum Gasteiger partial charge on any atom is 0.193 e. The van der Waals surface area contributed by atoms with Crippen molar-refractivity contribution in [3.8, 4) is 11.3 Å². The molecule has 0 aliphatic rings. The number of carbonyl (C=O) groups is 1.